The predicted molar refractivity (Wildman–Crippen MR) is 77.8 cm³/mol. The summed E-state index contributed by atoms with van der Waals surface area (Å²) in [6.07, 6.45) is 0.306. The minimum atomic E-state index is -0.125. The Morgan fingerprint density at radius 1 is 1.50 bits per heavy atom. The highest BCUT2D eigenvalue weighted by Gasteiger charge is 2.15. The van der Waals surface area contributed by atoms with Crippen LogP contribution in [0.1, 0.15) is 12.5 Å². The second kappa shape index (κ2) is 7.91. The van der Waals surface area contributed by atoms with Gasteiger partial charge in [-0.05, 0) is 25.1 Å². The number of rotatable bonds is 4. The van der Waals surface area contributed by atoms with Crippen molar-refractivity contribution in [1.29, 1.82) is 0 Å². The minimum absolute atomic E-state index is 0.125. The van der Waals surface area contributed by atoms with Crippen LogP contribution in [-0.2, 0) is 4.74 Å². The molecule has 0 bridgehead atoms. The fourth-order valence-corrected chi connectivity index (χ4v) is 2.19. The van der Waals surface area contributed by atoms with Crippen LogP contribution in [0.15, 0.2) is 24.3 Å². The Hall–Kier alpha value is -1.54. The maximum atomic E-state index is 8.68. The highest BCUT2D eigenvalue weighted by molar-refractivity contribution is 5.39. The second-order valence-electron chi connectivity index (χ2n) is 4.82. The first-order chi connectivity index (χ1) is 9.78. The van der Waals surface area contributed by atoms with Gasteiger partial charge in [0.05, 0.1) is 12.7 Å². The average molecular weight is 275 g/mol. The monoisotopic (exact) mass is 275 g/mol. The summed E-state index contributed by atoms with van der Waals surface area (Å²) in [4.78, 5) is 2.35. The predicted octanol–water partition coefficient (Wildman–Crippen LogP) is 1.13. The molecule has 20 heavy (non-hydrogen) atoms. The molecular formula is C16H21NO3. The molecule has 0 saturated carbocycles. The third-order valence-corrected chi connectivity index (χ3v) is 3.15. The van der Waals surface area contributed by atoms with Crippen LogP contribution in [-0.4, -0.2) is 55.6 Å². The third kappa shape index (κ3) is 4.86. The van der Waals surface area contributed by atoms with E-state index < -0.39 is 0 Å². The summed E-state index contributed by atoms with van der Waals surface area (Å²) < 4.78 is 11.3. The normalized spacial score (nSPS) is 19.2. The van der Waals surface area contributed by atoms with Crippen molar-refractivity contribution in [3.05, 3.63) is 29.8 Å². The lowest BCUT2D eigenvalue weighted by atomic mass is 10.2. The van der Waals surface area contributed by atoms with E-state index in [0.29, 0.717) is 12.7 Å². The third-order valence-electron chi connectivity index (χ3n) is 3.15. The zero-order valence-electron chi connectivity index (χ0n) is 11.8. The Morgan fingerprint density at radius 3 is 3.20 bits per heavy atom. The van der Waals surface area contributed by atoms with Crippen LogP contribution in [0, 0.1) is 11.8 Å². The molecule has 1 aromatic carbocycles. The van der Waals surface area contributed by atoms with Gasteiger partial charge in [0, 0.05) is 25.2 Å². The molecule has 0 aliphatic carbocycles. The molecule has 1 aliphatic heterocycles. The number of nitrogens with zero attached hydrogens (tertiary/aromatic N) is 1. The summed E-state index contributed by atoms with van der Waals surface area (Å²) in [5.74, 6) is 6.32. The van der Waals surface area contributed by atoms with Gasteiger partial charge in [0.1, 0.15) is 19.0 Å². The first kappa shape index (κ1) is 14.9. The standard InChI is InChI=1S/C16H21NO3/c1-14-13-17(7-10-19-14)8-11-20-16-6-2-4-15(12-16)5-3-9-18/h2,4,6,12,14,18H,7-11,13H2,1H3. The molecule has 0 amide bonds. The van der Waals surface area contributed by atoms with Gasteiger partial charge in [-0.3, -0.25) is 4.90 Å². The van der Waals surface area contributed by atoms with Crippen LogP contribution in [0.3, 0.4) is 0 Å². The van der Waals surface area contributed by atoms with E-state index in [2.05, 4.69) is 23.7 Å². The van der Waals surface area contributed by atoms with Gasteiger partial charge in [0.2, 0.25) is 0 Å². The maximum absolute atomic E-state index is 8.68. The van der Waals surface area contributed by atoms with Crippen molar-refractivity contribution < 1.29 is 14.6 Å². The smallest absolute Gasteiger partial charge is 0.120 e. The molecule has 4 nitrogen and oxygen atoms in total. The van der Waals surface area contributed by atoms with Crippen molar-refractivity contribution in [3.63, 3.8) is 0 Å². The zero-order chi connectivity index (χ0) is 14.2. The molecule has 1 aliphatic rings. The summed E-state index contributed by atoms with van der Waals surface area (Å²) in [5.41, 5.74) is 0.858. The second-order valence-corrected chi connectivity index (χ2v) is 4.82. The number of ether oxygens (including phenoxy) is 2. The fraction of sp³-hybridized carbons (Fsp3) is 0.500. The van der Waals surface area contributed by atoms with Gasteiger partial charge in [-0.25, -0.2) is 0 Å². The maximum Gasteiger partial charge on any atom is 0.120 e. The van der Waals surface area contributed by atoms with E-state index in [1.54, 1.807) is 0 Å². The van der Waals surface area contributed by atoms with Crippen molar-refractivity contribution in [3.8, 4) is 17.6 Å². The van der Waals surface area contributed by atoms with Crippen molar-refractivity contribution in [2.75, 3.05) is 39.5 Å². The molecule has 1 saturated heterocycles. The number of hydrogen-bond acceptors (Lipinski definition) is 4. The van der Waals surface area contributed by atoms with Gasteiger partial charge in [0.25, 0.3) is 0 Å². The molecular weight excluding hydrogens is 254 g/mol. The molecule has 2 rings (SSSR count). The molecule has 1 fully saturated rings. The minimum Gasteiger partial charge on any atom is -0.492 e. The van der Waals surface area contributed by atoms with Gasteiger partial charge in [-0.15, -0.1) is 0 Å². The fourth-order valence-electron chi connectivity index (χ4n) is 2.19. The summed E-state index contributed by atoms with van der Waals surface area (Å²) in [5, 5.41) is 8.68. The van der Waals surface area contributed by atoms with Crippen LogP contribution in [0.4, 0.5) is 0 Å². The van der Waals surface area contributed by atoms with Gasteiger partial charge in [-0.1, -0.05) is 17.9 Å². The van der Waals surface area contributed by atoms with E-state index >= 15 is 0 Å². The molecule has 0 spiro atoms. The van der Waals surface area contributed by atoms with E-state index in [-0.39, 0.29) is 6.61 Å². The Balaban J connectivity index is 1.79. The summed E-state index contributed by atoms with van der Waals surface area (Å²) in [7, 11) is 0. The van der Waals surface area contributed by atoms with E-state index in [1.165, 1.54) is 0 Å². The summed E-state index contributed by atoms with van der Waals surface area (Å²) >= 11 is 0. The highest BCUT2D eigenvalue weighted by atomic mass is 16.5. The molecule has 0 aromatic heterocycles. The van der Waals surface area contributed by atoms with Crippen molar-refractivity contribution in [2.45, 2.75) is 13.0 Å². The van der Waals surface area contributed by atoms with Gasteiger partial charge < -0.3 is 14.6 Å². The molecule has 0 radical (unpaired) electrons. The molecule has 1 unspecified atom stereocenters. The quantitative estimate of drug-likeness (QED) is 0.837. The van der Waals surface area contributed by atoms with Crippen LogP contribution in [0.25, 0.3) is 0 Å². The van der Waals surface area contributed by atoms with Crippen molar-refractivity contribution in [2.24, 2.45) is 0 Å². The van der Waals surface area contributed by atoms with Crippen LogP contribution >= 0.6 is 0 Å². The zero-order valence-corrected chi connectivity index (χ0v) is 11.8. The lowest BCUT2D eigenvalue weighted by Gasteiger charge is -2.30. The van der Waals surface area contributed by atoms with Crippen molar-refractivity contribution >= 4 is 0 Å². The Labute approximate surface area is 120 Å². The molecule has 108 valence electrons. The lowest BCUT2D eigenvalue weighted by Crippen LogP contribution is -2.42. The van der Waals surface area contributed by atoms with Gasteiger partial charge >= 0.3 is 0 Å². The number of aliphatic hydroxyl groups is 1. The van der Waals surface area contributed by atoms with E-state index in [0.717, 1.165) is 37.6 Å². The molecule has 1 aromatic rings. The first-order valence-electron chi connectivity index (χ1n) is 6.94. The van der Waals surface area contributed by atoms with Gasteiger partial charge in [0.15, 0.2) is 0 Å². The van der Waals surface area contributed by atoms with E-state index in [4.69, 9.17) is 14.6 Å². The Kier molecular flexibility index (Phi) is 5.87. The van der Waals surface area contributed by atoms with Crippen molar-refractivity contribution in [1.82, 2.24) is 4.90 Å². The van der Waals surface area contributed by atoms with E-state index in [9.17, 15) is 0 Å². The number of morpholine rings is 1. The molecule has 1 N–H and O–H groups in total. The Bertz CT molecular complexity index is 478. The molecule has 1 atom stereocenters. The van der Waals surface area contributed by atoms with Crippen LogP contribution in [0.5, 0.6) is 5.75 Å². The number of aliphatic hydroxyl groups excluding tert-OH is 1. The lowest BCUT2D eigenvalue weighted by molar-refractivity contribution is -0.0214. The van der Waals surface area contributed by atoms with Crippen LogP contribution in [0.2, 0.25) is 0 Å². The summed E-state index contributed by atoms with van der Waals surface area (Å²) in [6.45, 7) is 6.26. The van der Waals surface area contributed by atoms with Crippen LogP contribution < -0.4 is 4.74 Å². The van der Waals surface area contributed by atoms with Gasteiger partial charge in [-0.2, -0.15) is 0 Å². The largest absolute Gasteiger partial charge is 0.492 e. The highest BCUT2D eigenvalue weighted by Crippen LogP contribution is 2.13. The number of benzene rings is 1. The molecule has 1 heterocycles. The first-order valence-corrected chi connectivity index (χ1v) is 6.94. The SMILES string of the molecule is CC1CN(CCOc2cccc(C#CCO)c2)CCO1. The summed E-state index contributed by atoms with van der Waals surface area (Å²) in [6, 6.07) is 7.63. The Morgan fingerprint density at radius 2 is 2.40 bits per heavy atom. The average Bonchev–Trinajstić information content (AvgIpc) is 2.46. The van der Waals surface area contributed by atoms with E-state index in [1.807, 2.05) is 24.3 Å². The number of hydrogen-bond donors (Lipinski definition) is 1. The topological polar surface area (TPSA) is 41.9 Å². The molecule has 4 heteroatoms.